The molecule has 0 aromatic rings. The minimum Gasteiger partial charge on any atom is -0.359 e. The number of hydrogen-bond acceptors (Lipinski definition) is 1. The molecule has 0 aliphatic heterocycles. The van der Waals surface area contributed by atoms with Crippen LogP contribution in [-0.4, -0.2) is 19.5 Å². The lowest BCUT2D eigenvalue weighted by Gasteiger charge is -1.93. The van der Waals surface area contributed by atoms with Gasteiger partial charge < -0.3 is 11.1 Å². The highest BCUT2D eigenvalue weighted by Gasteiger charge is 1.94. The molecule has 0 aliphatic rings. The minimum atomic E-state index is 0.105. The van der Waals surface area contributed by atoms with E-state index in [0.717, 1.165) is 13.0 Å². The Morgan fingerprint density at radius 1 is 1.75 bits per heavy atom. The third-order valence-corrected chi connectivity index (χ3v) is 0.933. The Morgan fingerprint density at radius 2 is 2.38 bits per heavy atom. The van der Waals surface area contributed by atoms with Crippen LogP contribution >= 0.6 is 0 Å². The molecule has 0 heterocycles. The van der Waals surface area contributed by atoms with Crippen molar-refractivity contribution in [2.75, 3.05) is 13.6 Å². The summed E-state index contributed by atoms with van der Waals surface area (Å²) in [6.45, 7) is 0.841. The molecule has 1 amide bonds. The van der Waals surface area contributed by atoms with Gasteiger partial charge in [-0.3, -0.25) is 4.79 Å². The fourth-order valence-corrected chi connectivity index (χ4v) is 0.411. The van der Waals surface area contributed by atoms with E-state index < -0.39 is 0 Å². The molecule has 0 radical (unpaired) electrons. The van der Waals surface area contributed by atoms with E-state index in [9.17, 15) is 4.79 Å². The Kier molecular flexibility index (Phi) is 4.26. The van der Waals surface area contributed by atoms with Crippen molar-refractivity contribution in [2.24, 2.45) is 0 Å². The van der Waals surface area contributed by atoms with Gasteiger partial charge in [0.1, 0.15) is 0 Å². The molecule has 0 aromatic carbocycles. The van der Waals surface area contributed by atoms with Crippen LogP contribution in [0.15, 0.2) is 0 Å². The highest BCUT2D eigenvalue weighted by Crippen LogP contribution is 1.81. The zero-order chi connectivity index (χ0) is 6.41. The predicted octanol–water partition coefficient (Wildman–Crippen LogP) is -1.25. The lowest BCUT2D eigenvalue weighted by atomic mass is 10.3. The first kappa shape index (κ1) is 7.43. The van der Waals surface area contributed by atoms with Crippen molar-refractivity contribution in [1.29, 1.82) is 0 Å². The van der Waals surface area contributed by atoms with E-state index in [1.807, 2.05) is 0 Å². The standard InChI is InChI=1S/C5H12N2O/c1-7-5(8)3-2-4-6/h2-4,6H2,1H3,(H,7,8)/p+1. The second kappa shape index (κ2) is 4.59. The first-order valence-electron chi connectivity index (χ1n) is 2.81. The summed E-state index contributed by atoms with van der Waals surface area (Å²) in [5, 5.41) is 2.53. The molecule has 0 bridgehead atoms. The van der Waals surface area contributed by atoms with Crippen molar-refractivity contribution in [1.82, 2.24) is 5.32 Å². The molecule has 0 rings (SSSR count). The van der Waals surface area contributed by atoms with Crippen molar-refractivity contribution in [2.45, 2.75) is 12.8 Å². The molecular formula is C5H13N2O+. The lowest BCUT2D eigenvalue weighted by Crippen LogP contribution is -2.50. The molecule has 0 spiro atoms. The highest BCUT2D eigenvalue weighted by molar-refractivity contribution is 5.75. The molecule has 4 N–H and O–H groups in total. The van der Waals surface area contributed by atoms with Gasteiger partial charge in [0.2, 0.25) is 5.91 Å². The maximum Gasteiger partial charge on any atom is 0.219 e. The van der Waals surface area contributed by atoms with Crippen molar-refractivity contribution in [3.05, 3.63) is 0 Å². The molecule has 0 fully saturated rings. The fraction of sp³-hybridized carbons (Fsp3) is 0.800. The maximum absolute atomic E-state index is 10.4. The Labute approximate surface area is 49.3 Å². The molecule has 3 heteroatoms. The molecule has 3 nitrogen and oxygen atoms in total. The van der Waals surface area contributed by atoms with Gasteiger partial charge in [-0.1, -0.05) is 0 Å². The van der Waals surface area contributed by atoms with E-state index in [1.165, 1.54) is 0 Å². The van der Waals surface area contributed by atoms with Gasteiger partial charge in [0.25, 0.3) is 0 Å². The molecule has 48 valence electrons. The van der Waals surface area contributed by atoms with E-state index in [0.29, 0.717) is 6.42 Å². The van der Waals surface area contributed by atoms with E-state index in [1.54, 1.807) is 7.05 Å². The number of quaternary nitrogens is 1. The van der Waals surface area contributed by atoms with Crippen LogP contribution in [0, 0.1) is 0 Å². The summed E-state index contributed by atoms with van der Waals surface area (Å²) in [5.74, 6) is 0.105. The molecule has 0 aromatic heterocycles. The van der Waals surface area contributed by atoms with Crippen molar-refractivity contribution >= 4 is 5.91 Å². The number of carbonyl (C=O) groups is 1. The highest BCUT2D eigenvalue weighted by atomic mass is 16.1. The molecule has 8 heavy (non-hydrogen) atoms. The number of nitrogens with one attached hydrogen (secondary N) is 1. The molecule has 0 saturated carbocycles. The van der Waals surface area contributed by atoms with Gasteiger partial charge in [0.15, 0.2) is 0 Å². The lowest BCUT2D eigenvalue weighted by molar-refractivity contribution is -0.368. The Bertz CT molecular complexity index is 72.8. The van der Waals surface area contributed by atoms with Gasteiger partial charge in [0, 0.05) is 19.9 Å². The van der Waals surface area contributed by atoms with Gasteiger partial charge >= 0.3 is 0 Å². The predicted molar refractivity (Wildman–Crippen MR) is 31.1 cm³/mol. The normalized spacial score (nSPS) is 8.75. The zero-order valence-corrected chi connectivity index (χ0v) is 5.24. The first-order chi connectivity index (χ1) is 3.81. The van der Waals surface area contributed by atoms with Crippen LogP contribution in [0.1, 0.15) is 12.8 Å². The van der Waals surface area contributed by atoms with E-state index in [4.69, 9.17) is 0 Å². The summed E-state index contributed by atoms with van der Waals surface area (Å²) in [6.07, 6.45) is 1.50. The Balaban J connectivity index is 2.99. The van der Waals surface area contributed by atoms with E-state index in [2.05, 4.69) is 11.1 Å². The zero-order valence-electron chi connectivity index (χ0n) is 5.24. The average molecular weight is 117 g/mol. The average Bonchev–Trinajstić information content (AvgIpc) is 1.83. The minimum absolute atomic E-state index is 0.105. The smallest absolute Gasteiger partial charge is 0.219 e. The van der Waals surface area contributed by atoms with Crippen LogP contribution in [0.3, 0.4) is 0 Å². The van der Waals surface area contributed by atoms with Crippen molar-refractivity contribution in [3.63, 3.8) is 0 Å². The third kappa shape index (κ3) is 3.61. The second-order valence-electron chi connectivity index (χ2n) is 1.63. The summed E-state index contributed by atoms with van der Waals surface area (Å²) >= 11 is 0. The summed E-state index contributed by atoms with van der Waals surface area (Å²) in [4.78, 5) is 10.4. The molecule has 0 saturated heterocycles. The second-order valence-corrected chi connectivity index (χ2v) is 1.63. The molecular weight excluding hydrogens is 104 g/mol. The number of carbonyl (C=O) groups excluding carboxylic acids is 1. The van der Waals surface area contributed by atoms with Crippen molar-refractivity contribution < 1.29 is 10.5 Å². The van der Waals surface area contributed by atoms with E-state index >= 15 is 0 Å². The monoisotopic (exact) mass is 117 g/mol. The summed E-state index contributed by atoms with van der Waals surface area (Å²) < 4.78 is 0. The molecule has 0 atom stereocenters. The van der Waals surface area contributed by atoms with Crippen LogP contribution in [-0.2, 0) is 4.79 Å². The van der Waals surface area contributed by atoms with Gasteiger partial charge in [-0.15, -0.1) is 0 Å². The number of hydrogen-bond donors (Lipinski definition) is 2. The maximum atomic E-state index is 10.4. The summed E-state index contributed by atoms with van der Waals surface area (Å²) in [5.41, 5.74) is 3.61. The number of amides is 1. The van der Waals surface area contributed by atoms with Crippen LogP contribution in [0.2, 0.25) is 0 Å². The van der Waals surface area contributed by atoms with E-state index in [-0.39, 0.29) is 5.91 Å². The van der Waals surface area contributed by atoms with Gasteiger partial charge in [-0.25, -0.2) is 0 Å². The molecule has 0 aliphatic carbocycles. The topological polar surface area (TPSA) is 56.7 Å². The van der Waals surface area contributed by atoms with Gasteiger partial charge in [0.05, 0.1) is 6.54 Å². The summed E-state index contributed by atoms with van der Waals surface area (Å²) in [6, 6.07) is 0. The van der Waals surface area contributed by atoms with Gasteiger partial charge in [-0.2, -0.15) is 0 Å². The SMILES string of the molecule is CNC(=O)CCC[NH3+]. The quantitative estimate of drug-likeness (QED) is 0.477. The van der Waals surface area contributed by atoms with Crippen LogP contribution in [0.4, 0.5) is 0 Å². The molecule has 0 unspecified atom stereocenters. The third-order valence-electron chi connectivity index (χ3n) is 0.933. The Morgan fingerprint density at radius 3 is 2.75 bits per heavy atom. The van der Waals surface area contributed by atoms with Crippen LogP contribution < -0.4 is 11.1 Å². The summed E-state index contributed by atoms with van der Waals surface area (Å²) in [7, 11) is 1.64. The first-order valence-corrected chi connectivity index (χ1v) is 2.81. The van der Waals surface area contributed by atoms with Crippen LogP contribution in [0.25, 0.3) is 0 Å². The fourth-order valence-electron chi connectivity index (χ4n) is 0.411. The van der Waals surface area contributed by atoms with Crippen molar-refractivity contribution in [3.8, 4) is 0 Å². The van der Waals surface area contributed by atoms with Crippen LogP contribution in [0.5, 0.6) is 0 Å². The largest absolute Gasteiger partial charge is 0.359 e. The van der Waals surface area contributed by atoms with Gasteiger partial charge in [-0.05, 0) is 0 Å². The Hall–Kier alpha value is -0.570. The number of rotatable bonds is 3.